The molecule has 0 unspecified atom stereocenters. The third-order valence-electron chi connectivity index (χ3n) is 10.4. The summed E-state index contributed by atoms with van der Waals surface area (Å²) in [4.78, 5) is 11.0. The van der Waals surface area contributed by atoms with Gasteiger partial charge in [0.05, 0.1) is 22.2 Å². The van der Waals surface area contributed by atoms with Crippen molar-refractivity contribution in [2.75, 3.05) is 0 Å². The average Bonchev–Trinajstić information content (AvgIpc) is 3.74. The fourth-order valence-electron chi connectivity index (χ4n) is 8.13. The Morgan fingerprint density at radius 3 is 2.02 bits per heavy atom. The molecule has 0 fully saturated rings. The molecule has 0 saturated carbocycles. The van der Waals surface area contributed by atoms with E-state index in [4.69, 9.17) is 14.4 Å². The molecular formula is C47H29N3O. The molecule has 11 rings (SSSR count). The summed E-state index contributed by atoms with van der Waals surface area (Å²) in [6, 6.07) is 55.8. The molecular weight excluding hydrogens is 623 g/mol. The van der Waals surface area contributed by atoms with Crippen molar-refractivity contribution in [3.05, 3.63) is 163 Å². The number of nitrogens with zero attached hydrogens (tertiary/aromatic N) is 3. The molecule has 3 heterocycles. The highest BCUT2D eigenvalue weighted by molar-refractivity contribution is 6.22. The van der Waals surface area contributed by atoms with Crippen LogP contribution in [-0.4, -0.2) is 14.5 Å². The lowest BCUT2D eigenvalue weighted by atomic mass is 9.99. The van der Waals surface area contributed by atoms with Crippen LogP contribution in [0, 0.1) is 6.92 Å². The maximum absolute atomic E-state index is 6.63. The molecule has 8 aromatic carbocycles. The van der Waals surface area contributed by atoms with E-state index in [-0.39, 0.29) is 0 Å². The van der Waals surface area contributed by atoms with Gasteiger partial charge in [-0.05, 0) is 35.9 Å². The van der Waals surface area contributed by atoms with Gasteiger partial charge >= 0.3 is 0 Å². The standard InChI is InChI=1S/C47H29N3O/c1-28-21-22-30-23-25-36-34-16-9-17-35(38-19-10-18-37-33-15-7-8-20-41(33)51-46(37)38)44(34)50(45(36)40(30)27-28)47-48-42(31-12-3-2-4-13-31)39-26-24-29-11-5-6-14-32(29)43(39)49-47/h2-27H,1H3. The van der Waals surface area contributed by atoms with Crippen molar-refractivity contribution in [3.63, 3.8) is 0 Å². The number of hydrogen-bond donors (Lipinski definition) is 0. The van der Waals surface area contributed by atoms with Crippen molar-refractivity contribution < 1.29 is 4.42 Å². The van der Waals surface area contributed by atoms with Crippen LogP contribution in [0.25, 0.3) is 105 Å². The Morgan fingerprint density at radius 2 is 1.14 bits per heavy atom. The highest BCUT2D eigenvalue weighted by Gasteiger charge is 2.24. The number of furan rings is 1. The number of benzene rings is 8. The second-order valence-corrected chi connectivity index (χ2v) is 13.4. The van der Waals surface area contributed by atoms with Crippen LogP contribution in [-0.2, 0) is 0 Å². The second kappa shape index (κ2) is 10.6. The third kappa shape index (κ3) is 4.08. The van der Waals surface area contributed by atoms with E-state index in [1.54, 1.807) is 0 Å². The predicted octanol–water partition coefficient (Wildman–Crippen LogP) is 12.6. The molecule has 0 bridgehead atoms. The van der Waals surface area contributed by atoms with Crippen LogP contribution in [0.2, 0.25) is 0 Å². The molecule has 51 heavy (non-hydrogen) atoms. The van der Waals surface area contributed by atoms with Crippen molar-refractivity contribution in [1.29, 1.82) is 0 Å². The van der Waals surface area contributed by atoms with Crippen LogP contribution in [0.5, 0.6) is 0 Å². The van der Waals surface area contributed by atoms with Crippen LogP contribution >= 0.6 is 0 Å². The van der Waals surface area contributed by atoms with Gasteiger partial charge in [0.25, 0.3) is 0 Å². The minimum atomic E-state index is 0.635. The van der Waals surface area contributed by atoms with Gasteiger partial charge in [0.15, 0.2) is 0 Å². The number of aromatic nitrogens is 3. The van der Waals surface area contributed by atoms with E-state index >= 15 is 0 Å². The monoisotopic (exact) mass is 651 g/mol. The Labute approximate surface area is 292 Å². The van der Waals surface area contributed by atoms with E-state index in [0.717, 1.165) is 87.8 Å². The van der Waals surface area contributed by atoms with Crippen molar-refractivity contribution >= 4 is 76.2 Å². The highest BCUT2D eigenvalue weighted by atomic mass is 16.3. The van der Waals surface area contributed by atoms with Crippen molar-refractivity contribution in [3.8, 4) is 28.3 Å². The van der Waals surface area contributed by atoms with E-state index in [1.807, 2.05) is 12.1 Å². The largest absolute Gasteiger partial charge is 0.455 e. The maximum atomic E-state index is 6.63. The van der Waals surface area contributed by atoms with Crippen molar-refractivity contribution in [1.82, 2.24) is 14.5 Å². The Balaban J connectivity index is 1.35. The second-order valence-electron chi connectivity index (χ2n) is 13.4. The zero-order valence-electron chi connectivity index (χ0n) is 27.8. The zero-order valence-corrected chi connectivity index (χ0v) is 27.8. The molecule has 238 valence electrons. The normalized spacial score (nSPS) is 12.0. The fraction of sp³-hybridized carbons (Fsp3) is 0.0213. The number of aryl methyl sites for hydroxylation is 1. The Kier molecular flexibility index (Phi) is 5.84. The van der Waals surface area contributed by atoms with Crippen molar-refractivity contribution in [2.45, 2.75) is 6.92 Å². The molecule has 0 aliphatic rings. The first-order chi connectivity index (χ1) is 25.2. The summed E-state index contributed by atoms with van der Waals surface area (Å²) in [5, 5.41) is 10.1. The first-order valence-electron chi connectivity index (χ1n) is 17.3. The number of para-hydroxylation sites is 3. The van der Waals surface area contributed by atoms with E-state index < -0.39 is 0 Å². The minimum absolute atomic E-state index is 0.635. The summed E-state index contributed by atoms with van der Waals surface area (Å²) in [6.45, 7) is 2.16. The van der Waals surface area contributed by atoms with Crippen molar-refractivity contribution in [2.24, 2.45) is 0 Å². The molecule has 4 nitrogen and oxygen atoms in total. The van der Waals surface area contributed by atoms with Gasteiger partial charge in [0.2, 0.25) is 5.95 Å². The molecule has 0 atom stereocenters. The lowest BCUT2D eigenvalue weighted by molar-refractivity contribution is 0.670. The first kappa shape index (κ1) is 28.1. The lowest BCUT2D eigenvalue weighted by Gasteiger charge is -2.15. The summed E-state index contributed by atoms with van der Waals surface area (Å²) in [7, 11) is 0. The van der Waals surface area contributed by atoms with E-state index in [1.165, 1.54) is 16.3 Å². The minimum Gasteiger partial charge on any atom is -0.455 e. The van der Waals surface area contributed by atoms with Gasteiger partial charge in [0, 0.05) is 54.4 Å². The Morgan fingerprint density at radius 1 is 0.471 bits per heavy atom. The van der Waals surface area contributed by atoms with E-state index in [0.29, 0.717) is 5.95 Å². The Hall–Kier alpha value is -6.78. The molecule has 0 N–H and O–H groups in total. The van der Waals surface area contributed by atoms with Crippen LogP contribution in [0.1, 0.15) is 5.56 Å². The molecule has 0 aliphatic heterocycles. The molecule has 4 heteroatoms. The summed E-state index contributed by atoms with van der Waals surface area (Å²) >= 11 is 0. The molecule has 0 saturated heterocycles. The SMILES string of the molecule is Cc1ccc2ccc3c4cccc(-c5cccc6c5oc5ccccc56)c4n(-c4nc(-c5ccccc5)c5ccc6ccccc6c5n4)c3c2c1. The van der Waals surface area contributed by atoms with Gasteiger partial charge in [0.1, 0.15) is 11.2 Å². The van der Waals surface area contributed by atoms with Crippen LogP contribution in [0.3, 0.4) is 0 Å². The summed E-state index contributed by atoms with van der Waals surface area (Å²) < 4.78 is 8.95. The van der Waals surface area contributed by atoms with E-state index in [9.17, 15) is 0 Å². The zero-order chi connectivity index (χ0) is 33.6. The van der Waals surface area contributed by atoms with Gasteiger partial charge in [-0.3, -0.25) is 4.57 Å². The number of fused-ring (bicyclic) bond motifs is 11. The maximum Gasteiger partial charge on any atom is 0.235 e. The molecule has 11 aromatic rings. The average molecular weight is 652 g/mol. The predicted molar refractivity (Wildman–Crippen MR) is 212 cm³/mol. The summed E-state index contributed by atoms with van der Waals surface area (Å²) in [5.74, 6) is 0.635. The first-order valence-corrected chi connectivity index (χ1v) is 17.3. The fourth-order valence-corrected chi connectivity index (χ4v) is 8.13. The van der Waals surface area contributed by atoms with Gasteiger partial charge < -0.3 is 4.42 Å². The van der Waals surface area contributed by atoms with Crippen LogP contribution in [0.15, 0.2) is 162 Å². The van der Waals surface area contributed by atoms with Gasteiger partial charge in [-0.1, -0.05) is 145 Å². The number of rotatable bonds is 3. The molecule has 0 amide bonds. The molecule has 0 spiro atoms. The smallest absolute Gasteiger partial charge is 0.235 e. The molecule has 3 aromatic heterocycles. The Bertz CT molecular complexity index is 3210. The summed E-state index contributed by atoms with van der Waals surface area (Å²) in [5.41, 5.74) is 10.1. The van der Waals surface area contributed by atoms with Crippen LogP contribution in [0.4, 0.5) is 0 Å². The topological polar surface area (TPSA) is 43.9 Å². The van der Waals surface area contributed by atoms with Crippen LogP contribution < -0.4 is 0 Å². The quantitative estimate of drug-likeness (QED) is 0.179. The molecule has 0 aliphatic carbocycles. The van der Waals surface area contributed by atoms with Gasteiger partial charge in [-0.15, -0.1) is 0 Å². The number of hydrogen-bond acceptors (Lipinski definition) is 3. The summed E-state index contributed by atoms with van der Waals surface area (Å²) in [6.07, 6.45) is 0. The van der Waals surface area contributed by atoms with E-state index in [2.05, 4.69) is 157 Å². The van der Waals surface area contributed by atoms with Gasteiger partial charge in [-0.2, -0.15) is 0 Å². The van der Waals surface area contributed by atoms with Gasteiger partial charge in [-0.25, -0.2) is 9.97 Å². The molecule has 0 radical (unpaired) electrons. The lowest BCUT2D eigenvalue weighted by Crippen LogP contribution is -2.05. The highest BCUT2D eigenvalue weighted by Crippen LogP contribution is 2.44. The third-order valence-corrected chi connectivity index (χ3v) is 10.4.